The number of hydrogen-bond acceptors (Lipinski definition) is 3. The zero-order chi connectivity index (χ0) is 13.2. The Bertz CT molecular complexity index is 306. The Morgan fingerprint density at radius 3 is 2.41 bits per heavy atom. The number of amides is 1. The molecule has 5 heteroatoms. The number of carbonyl (C=O) groups is 1. The van der Waals surface area contributed by atoms with Crippen molar-refractivity contribution in [3.63, 3.8) is 0 Å². The van der Waals surface area contributed by atoms with E-state index in [1.807, 2.05) is 18.7 Å². The highest BCUT2D eigenvalue weighted by molar-refractivity contribution is 7.80. The second-order valence-corrected chi connectivity index (χ2v) is 5.74. The van der Waals surface area contributed by atoms with Gasteiger partial charge in [-0.2, -0.15) is 0 Å². The summed E-state index contributed by atoms with van der Waals surface area (Å²) in [7, 11) is 2.08. The van der Waals surface area contributed by atoms with Crippen molar-refractivity contribution >= 4 is 23.1 Å². The van der Waals surface area contributed by atoms with Crippen LogP contribution in [0.2, 0.25) is 0 Å². The molecule has 2 unspecified atom stereocenters. The number of likely N-dealkylation sites (N-methyl/N-ethyl adjacent to an activating group) is 1. The molecule has 0 aromatic heterocycles. The van der Waals surface area contributed by atoms with Crippen molar-refractivity contribution in [3.05, 3.63) is 0 Å². The Balaban J connectivity index is 2.77. The molecule has 98 valence electrons. The van der Waals surface area contributed by atoms with Gasteiger partial charge in [0, 0.05) is 25.7 Å². The van der Waals surface area contributed by atoms with Crippen molar-refractivity contribution in [3.8, 4) is 0 Å². The third-order valence-corrected chi connectivity index (χ3v) is 3.61. The highest BCUT2D eigenvalue weighted by atomic mass is 32.1. The fourth-order valence-electron chi connectivity index (χ4n) is 2.38. The van der Waals surface area contributed by atoms with E-state index in [0.29, 0.717) is 4.99 Å². The van der Waals surface area contributed by atoms with Crippen LogP contribution in [0, 0.1) is 11.8 Å². The topological polar surface area (TPSA) is 49.6 Å². The van der Waals surface area contributed by atoms with Crippen LogP contribution in [0.3, 0.4) is 0 Å². The quantitative estimate of drug-likeness (QED) is 0.757. The van der Waals surface area contributed by atoms with E-state index in [1.165, 1.54) is 0 Å². The molecule has 0 aliphatic carbocycles. The van der Waals surface area contributed by atoms with Crippen LogP contribution in [-0.2, 0) is 4.79 Å². The summed E-state index contributed by atoms with van der Waals surface area (Å²) < 4.78 is 0. The predicted octanol–water partition coefficient (Wildman–Crippen LogP) is 0.707. The van der Waals surface area contributed by atoms with Crippen LogP contribution in [0.1, 0.15) is 20.8 Å². The van der Waals surface area contributed by atoms with E-state index in [4.69, 9.17) is 18.0 Å². The van der Waals surface area contributed by atoms with E-state index in [0.717, 1.165) is 19.6 Å². The second-order valence-electron chi connectivity index (χ2n) is 5.27. The molecule has 0 aromatic rings. The van der Waals surface area contributed by atoms with Crippen molar-refractivity contribution in [2.24, 2.45) is 17.6 Å². The molecule has 1 aliphatic rings. The molecule has 1 heterocycles. The molecule has 17 heavy (non-hydrogen) atoms. The first-order chi connectivity index (χ1) is 7.84. The van der Waals surface area contributed by atoms with Crippen LogP contribution in [0.4, 0.5) is 0 Å². The average molecular weight is 257 g/mol. The molecule has 1 fully saturated rings. The summed E-state index contributed by atoms with van der Waals surface area (Å²) in [4.78, 5) is 16.9. The van der Waals surface area contributed by atoms with Gasteiger partial charge < -0.3 is 15.5 Å². The summed E-state index contributed by atoms with van der Waals surface area (Å²) in [6.07, 6.45) is 0. The van der Waals surface area contributed by atoms with Gasteiger partial charge in [-0.05, 0) is 19.9 Å². The monoisotopic (exact) mass is 257 g/mol. The molecule has 0 aromatic carbocycles. The molecular weight excluding hydrogens is 234 g/mol. The van der Waals surface area contributed by atoms with Gasteiger partial charge in [0.25, 0.3) is 0 Å². The normalized spacial score (nSPS) is 23.8. The molecule has 0 spiro atoms. The Kier molecular flexibility index (Phi) is 4.89. The van der Waals surface area contributed by atoms with Gasteiger partial charge in [0.05, 0.1) is 10.9 Å². The van der Waals surface area contributed by atoms with Gasteiger partial charge in [0.1, 0.15) is 0 Å². The summed E-state index contributed by atoms with van der Waals surface area (Å²) in [5.41, 5.74) is 5.69. The Labute approximate surface area is 109 Å². The minimum Gasteiger partial charge on any atom is -0.393 e. The maximum Gasteiger partial charge on any atom is 0.233 e. The largest absolute Gasteiger partial charge is 0.393 e. The van der Waals surface area contributed by atoms with Crippen molar-refractivity contribution in [2.75, 3.05) is 26.7 Å². The van der Waals surface area contributed by atoms with Crippen molar-refractivity contribution in [1.82, 2.24) is 9.80 Å². The molecule has 0 saturated carbocycles. The van der Waals surface area contributed by atoms with Crippen molar-refractivity contribution < 1.29 is 4.79 Å². The molecule has 4 nitrogen and oxygen atoms in total. The predicted molar refractivity (Wildman–Crippen MR) is 73.8 cm³/mol. The maximum absolute atomic E-state index is 12.4. The number of nitrogens with zero attached hydrogens (tertiary/aromatic N) is 2. The SMILES string of the molecule is CC(C)C(C(=O)N1CCN(C)CC1C)C(N)=S. The fourth-order valence-corrected chi connectivity index (χ4v) is 2.75. The first kappa shape index (κ1) is 14.4. The highest BCUT2D eigenvalue weighted by Gasteiger charge is 2.33. The van der Waals surface area contributed by atoms with E-state index in [9.17, 15) is 4.79 Å². The van der Waals surface area contributed by atoms with E-state index in [2.05, 4.69) is 18.9 Å². The molecule has 0 bridgehead atoms. The first-order valence-corrected chi connectivity index (χ1v) is 6.53. The van der Waals surface area contributed by atoms with Gasteiger partial charge in [-0.25, -0.2) is 0 Å². The fraction of sp³-hybridized carbons (Fsp3) is 0.833. The molecular formula is C12H23N3OS. The Morgan fingerprint density at radius 1 is 1.41 bits per heavy atom. The van der Waals surface area contributed by atoms with Crippen LogP contribution < -0.4 is 5.73 Å². The van der Waals surface area contributed by atoms with Crippen molar-refractivity contribution in [2.45, 2.75) is 26.8 Å². The minimum atomic E-state index is -0.323. The van der Waals surface area contributed by atoms with Gasteiger partial charge in [-0.1, -0.05) is 26.1 Å². The smallest absolute Gasteiger partial charge is 0.233 e. The van der Waals surface area contributed by atoms with Crippen molar-refractivity contribution in [1.29, 1.82) is 0 Å². The molecule has 2 atom stereocenters. The molecule has 0 radical (unpaired) electrons. The number of nitrogens with two attached hydrogens (primary N) is 1. The van der Waals surface area contributed by atoms with Crippen LogP contribution >= 0.6 is 12.2 Å². The number of hydrogen-bond donors (Lipinski definition) is 1. The molecule has 1 aliphatic heterocycles. The van der Waals surface area contributed by atoms with Crippen LogP contribution in [0.5, 0.6) is 0 Å². The van der Waals surface area contributed by atoms with Gasteiger partial charge in [0.15, 0.2) is 0 Å². The summed E-state index contributed by atoms with van der Waals surface area (Å²) in [5.74, 6) is -0.0733. The van der Waals surface area contributed by atoms with E-state index < -0.39 is 0 Å². The van der Waals surface area contributed by atoms with Crippen LogP contribution in [0.25, 0.3) is 0 Å². The second kappa shape index (κ2) is 5.78. The standard InChI is InChI=1S/C12H23N3OS/c1-8(2)10(11(13)17)12(16)15-6-5-14(4)7-9(15)3/h8-10H,5-7H2,1-4H3,(H2,13,17). The lowest BCUT2D eigenvalue weighted by Crippen LogP contribution is -2.56. The zero-order valence-electron chi connectivity index (χ0n) is 11.1. The Hall–Kier alpha value is -0.680. The Morgan fingerprint density at radius 2 is 2.00 bits per heavy atom. The van der Waals surface area contributed by atoms with Gasteiger partial charge in [-0.15, -0.1) is 0 Å². The van der Waals surface area contributed by atoms with Gasteiger partial charge >= 0.3 is 0 Å². The maximum atomic E-state index is 12.4. The van der Waals surface area contributed by atoms with E-state index in [1.54, 1.807) is 0 Å². The minimum absolute atomic E-state index is 0.0908. The zero-order valence-corrected chi connectivity index (χ0v) is 12.0. The summed E-state index contributed by atoms with van der Waals surface area (Å²) in [5, 5.41) is 0. The lowest BCUT2D eigenvalue weighted by molar-refractivity contribution is -0.138. The highest BCUT2D eigenvalue weighted by Crippen LogP contribution is 2.18. The molecule has 1 saturated heterocycles. The molecule has 1 rings (SSSR count). The van der Waals surface area contributed by atoms with E-state index in [-0.39, 0.29) is 23.8 Å². The lowest BCUT2D eigenvalue weighted by atomic mass is 9.93. The van der Waals surface area contributed by atoms with Crippen LogP contribution in [0.15, 0.2) is 0 Å². The summed E-state index contributed by atoms with van der Waals surface area (Å²) in [6, 6.07) is 0.233. The number of piperazine rings is 1. The number of carbonyl (C=O) groups excluding carboxylic acids is 1. The third kappa shape index (κ3) is 3.39. The number of rotatable bonds is 3. The van der Waals surface area contributed by atoms with Gasteiger partial charge in [-0.3, -0.25) is 4.79 Å². The molecule has 1 amide bonds. The lowest BCUT2D eigenvalue weighted by Gasteiger charge is -2.40. The summed E-state index contributed by atoms with van der Waals surface area (Å²) >= 11 is 5.02. The van der Waals surface area contributed by atoms with Crippen LogP contribution in [-0.4, -0.2) is 53.4 Å². The third-order valence-electron chi connectivity index (χ3n) is 3.35. The van der Waals surface area contributed by atoms with Gasteiger partial charge in [0.2, 0.25) is 5.91 Å². The average Bonchev–Trinajstić information content (AvgIpc) is 2.15. The molecule has 2 N–H and O–H groups in total. The summed E-state index contributed by atoms with van der Waals surface area (Å²) in [6.45, 7) is 8.64. The van der Waals surface area contributed by atoms with E-state index >= 15 is 0 Å². The first-order valence-electron chi connectivity index (χ1n) is 6.13. The number of thiocarbonyl (C=S) groups is 1.